The van der Waals surface area contributed by atoms with Gasteiger partial charge in [-0.2, -0.15) is 0 Å². The molecule has 6 heteroatoms. The first kappa shape index (κ1) is 11.4. The molecule has 0 saturated heterocycles. The summed E-state index contributed by atoms with van der Waals surface area (Å²) < 4.78 is 17.5. The van der Waals surface area contributed by atoms with Gasteiger partial charge in [-0.05, 0) is 30.7 Å². The van der Waals surface area contributed by atoms with Gasteiger partial charge in [-0.25, -0.2) is 4.39 Å². The molecule has 0 fully saturated rings. The molecule has 2 aromatic rings. The third-order valence-electron chi connectivity index (χ3n) is 2.23. The van der Waals surface area contributed by atoms with Gasteiger partial charge >= 0.3 is 0 Å². The first-order chi connectivity index (χ1) is 7.72. The second-order valence-corrected chi connectivity index (χ2v) is 4.46. The largest absolute Gasteiger partial charge is 0.308 e. The minimum Gasteiger partial charge on any atom is -0.308 e. The lowest BCUT2D eigenvalue weighted by molar-refractivity contribution is 0.579. The van der Waals surface area contributed by atoms with Gasteiger partial charge in [0.1, 0.15) is 5.82 Å². The van der Waals surface area contributed by atoms with E-state index >= 15 is 0 Å². The molecule has 0 aliphatic carbocycles. The van der Waals surface area contributed by atoms with Crippen molar-refractivity contribution in [1.29, 1.82) is 0 Å². The average Bonchev–Trinajstić information content (AvgIpc) is 2.75. The monoisotopic (exact) mass is 257 g/mol. The highest BCUT2D eigenvalue weighted by Gasteiger charge is 2.18. The van der Waals surface area contributed by atoms with E-state index in [2.05, 4.69) is 14.9 Å². The summed E-state index contributed by atoms with van der Waals surface area (Å²) in [6.45, 7) is 0. The zero-order valence-corrected chi connectivity index (χ0v) is 10.0. The van der Waals surface area contributed by atoms with Crippen LogP contribution < -0.4 is 5.32 Å². The summed E-state index contributed by atoms with van der Waals surface area (Å²) in [7, 11) is 1.76. The van der Waals surface area contributed by atoms with E-state index in [0.29, 0.717) is 10.6 Å². The van der Waals surface area contributed by atoms with Gasteiger partial charge in [-0.3, -0.25) is 0 Å². The number of rotatable bonds is 3. The third kappa shape index (κ3) is 2.21. The van der Waals surface area contributed by atoms with Crippen molar-refractivity contribution in [2.24, 2.45) is 0 Å². The summed E-state index contributed by atoms with van der Waals surface area (Å²) in [5.74, 6) is -0.333. The molecule has 2 rings (SSSR count). The molecule has 1 aromatic heterocycles. The highest BCUT2D eigenvalue weighted by Crippen LogP contribution is 2.27. The number of halogens is 2. The molecule has 1 heterocycles. The number of hydrogen-bond acceptors (Lipinski definition) is 4. The van der Waals surface area contributed by atoms with Crippen LogP contribution in [-0.4, -0.2) is 16.6 Å². The molecule has 0 radical (unpaired) electrons. The molecule has 0 bridgehead atoms. The van der Waals surface area contributed by atoms with Crippen LogP contribution >= 0.6 is 23.1 Å². The van der Waals surface area contributed by atoms with Crippen LogP contribution in [0.5, 0.6) is 0 Å². The van der Waals surface area contributed by atoms with Crippen molar-refractivity contribution in [3.63, 3.8) is 0 Å². The Morgan fingerprint density at radius 3 is 2.88 bits per heavy atom. The standard InChI is InChI=1S/C10H9ClFN3S/c1-13-10(9-5-14-15-16-9)7-3-2-6(11)4-8(7)12/h2-5,10,13H,1H3. The number of nitrogens with zero attached hydrogens (tertiary/aromatic N) is 2. The zero-order chi connectivity index (χ0) is 11.5. The normalized spacial score (nSPS) is 12.7. The maximum Gasteiger partial charge on any atom is 0.129 e. The lowest BCUT2D eigenvalue weighted by Gasteiger charge is -2.14. The first-order valence-electron chi connectivity index (χ1n) is 4.62. The Kier molecular flexibility index (Phi) is 3.48. The van der Waals surface area contributed by atoms with Crippen LogP contribution in [0.4, 0.5) is 4.39 Å². The van der Waals surface area contributed by atoms with Gasteiger partial charge in [0.15, 0.2) is 0 Å². The molecule has 1 unspecified atom stereocenters. The van der Waals surface area contributed by atoms with Crippen molar-refractivity contribution >= 4 is 23.1 Å². The number of nitrogens with one attached hydrogen (secondary N) is 1. The summed E-state index contributed by atoms with van der Waals surface area (Å²) >= 11 is 6.95. The van der Waals surface area contributed by atoms with Gasteiger partial charge < -0.3 is 5.32 Å². The predicted octanol–water partition coefficient (Wildman–Crippen LogP) is 2.64. The van der Waals surface area contributed by atoms with Crippen LogP contribution in [0.25, 0.3) is 0 Å². The molecular formula is C10H9ClFN3S. The molecular weight excluding hydrogens is 249 g/mol. The van der Waals surface area contributed by atoms with Crippen LogP contribution in [0.1, 0.15) is 16.5 Å². The smallest absolute Gasteiger partial charge is 0.129 e. The van der Waals surface area contributed by atoms with Gasteiger partial charge in [0.2, 0.25) is 0 Å². The summed E-state index contributed by atoms with van der Waals surface area (Å²) in [5, 5.41) is 7.16. The van der Waals surface area contributed by atoms with Gasteiger partial charge in [-0.15, -0.1) is 5.10 Å². The van der Waals surface area contributed by atoms with E-state index in [1.807, 2.05) is 0 Å². The molecule has 1 atom stereocenters. The second kappa shape index (κ2) is 4.86. The third-order valence-corrected chi connectivity index (χ3v) is 3.19. The molecule has 84 valence electrons. The molecule has 16 heavy (non-hydrogen) atoms. The highest BCUT2D eigenvalue weighted by molar-refractivity contribution is 7.05. The van der Waals surface area contributed by atoms with Crippen molar-refractivity contribution < 1.29 is 4.39 Å². The lowest BCUT2D eigenvalue weighted by Crippen LogP contribution is -2.17. The van der Waals surface area contributed by atoms with E-state index in [4.69, 9.17) is 11.6 Å². The predicted molar refractivity (Wildman–Crippen MR) is 62.2 cm³/mol. The molecule has 0 aliphatic rings. The van der Waals surface area contributed by atoms with Crippen LogP contribution in [0.3, 0.4) is 0 Å². The quantitative estimate of drug-likeness (QED) is 0.919. The fraction of sp³-hybridized carbons (Fsp3) is 0.200. The lowest BCUT2D eigenvalue weighted by atomic mass is 10.1. The maximum absolute atomic E-state index is 13.7. The van der Waals surface area contributed by atoms with Crippen molar-refractivity contribution in [3.05, 3.63) is 45.7 Å². The Bertz CT molecular complexity index is 475. The zero-order valence-electron chi connectivity index (χ0n) is 8.45. The Hall–Kier alpha value is -1.04. The fourth-order valence-electron chi connectivity index (χ4n) is 1.49. The van der Waals surface area contributed by atoms with Gasteiger partial charge in [0.05, 0.1) is 17.1 Å². The van der Waals surface area contributed by atoms with Crippen LogP contribution in [0.2, 0.25) is 5.02 Å². The summed E-state index contributed by atoms with van der Waals surface area (Å²) in [4.78, 5) is 0.865. The molecule has 0 spiro atoms. The van der Waals surface area contributed by atoms with Crippen LogP contribution in [0, 0.1) is 5.82 Å². The Morgan fingerprint density at radius 2 is 2.31 bits per heavy atom. The van der Waals surface area contributed by atoms with E-state index in [1.54, 1.807) is 25.4 Å². The van der Waals surface area contributed by atoms with Crippen molar-refractivity contribution in [3.8, 4) is 0 Å². The summed E-state index contributed by atoms with van der Waals surface area (Å²) in [6.07, 6.45) is 1.62. The van der Waals surface area contributed by atoms with Crippen molar-refractivity contribution in [2.45, 2.75) is 6.04 Å². The topological polar surface area (TPSA) is 37.8 Å². The van der Waals surface area contributed by atoms with Crippen molar-refractivity contribution in [2.75, 3.05) is 7.05 Å². The molecule has 0 aliphatic heterocycles. The van der Waals surface area contributed by atoms with Crippen LogP contribution in [-0.2, 0) is 0 Å². The number of benzene rings is 1. The molecule has 1 N–H and O–H groups in total. The number of aromatic nitrogens is 2. The van der Waals surface area contributed by atoms with Crippen molar-refractivity contribution in [1.82, 2.24) is 14.9 Å². The fourth-order valence-corrected chi connectivity index (χ4v) is 2.28. The Balaban J connectivity index is 2.41. The SMILES string of the molecule is CNC(c1cnns1)c1ccc(Cl)cc1F. The molecule has 1 aromatic carbocycles. The van der Waals surface area contributed by atoms with E-state index in [9.17, 15) is 4.39 Å². The first-order valence-corrected chi connectivity index (χ1v) is 5.77. The van der Waals surface area contributed by atoms with E-state index in [-0.39, 0.29) is 11.9 Å². The van der Waals surface area contributed by atoms with Crippen LogP contribution in [0.15, 0.2) is 24.4 Å². The molecule has 3 nitrogen and oxygen atoms in total. The maximum atomic E-state index is 13.7. The molecule has 0 amide bonds. The minimum absolute atomic E-state index is 0.239. The number of hydrogen-bond donors (Lipinski definition) is 1. The Morgan fingerprint density at radius 1 is 1.50 bits per heavy atom. The average molecular weight is 258 g/mol. The molecule has 0 saturated carbocycles. The second-order valence-electron chi connectivity index (χ2n) is 3.21. The highest BCUT2D eigenvalue weighted by atomic mass is 35.5. The van der Waals surface area contributed by atoms with E-state index in [0.717, 1.165) is 4.88 Å². The summed E-state index contributed by atoms with van der Waals surface area (Å²) in [5.41, 5.74) is 0.540. The van der Waals surface area contributed by atoms with Gasteiger partial charge in [0, 0.05) is 10.6 Å². The van der Waals surface area contributed by atoms with Gasteiger partial charge in [0.25, 0.3) is 0 Å². The summed E-state index contributed by atoms with van der Waals surface area (Å²) in [6, 6.07) is 4.39. The minimum atomic E-state index is -0.333. The van der Waals surface area contributed by atoms with Gasteiger partial charge in [-0.1, -0.05) is 22.2 Å². The van der Waals surface area contributed by atoms with E-state index < -0.39 is 0 Å². The van der Waals surface area contributed by atoms with E-state index in [1.165, 1.54) is 17.6 Å². The Labute approximate surface area is 101 Å².